The third kappa shape index (κ3) is 5.52. The quantitative estimate of drug-likeness (QED) is 0.642. The van der Waals surface area contributed by atoms with Crippen molar-refractivity contribution >= 4 is 27.5 Å². The van der Waals surface area contributed by atoms with Gasteiger partial charge >= 0.3 is 0 Å². The van der Waals surface area contributed by atoms with Crippen LogP contribution in [0.2, 0.25) is 5.02 Å². The summed E-state index contributed by atoms with van der Waals surface area (Å²) in [5.74, 6) is -6.31. The molecule has 1 aliphatic rings. The molecule has 1 amide bonds. The smallest absolute Gasteiger partial charge is 0.269 e. The zero-order chi connectivity index (χ0) is 22.1. The fourth-order valence-electron chi connectivity index (χ4n) is 3.43. The molecule has 1 aromatic carbocycles. The van der Waals surface area contributed by atoms with Crippen molar-refractivity contribution in [3.05, 3.63) is 41.1 Å². The first kappa shape index (κ1) is 22.6. The zero-order valence-electron chi connectivity index (χ0n) is 16.0. The minimum Gasteiger partial charge on any atom is -0.340 e. The van der Waals surface area contributed by atoms with Crippen molar-refractivity contribution < 1.29 is 26.4 Å². The Kier molecular flexibility index (Phi) is 6.44. The molecule has 1 atom stereocenters. The number of halogens is 4. The molecule has 1 fully saturated rings. The van der Waals surface area contributed by atoms with E-state index in [2.05, 4.69) is 4.98 Å². The van der Waals surface area contributed by atoms with Crippen molar-refractivity contribution in [2.75, 3.05) is 5.75 Å². The standard InChI is InChI=1S/C18H20ClF3N4O3S/c1-26-8-15(23-10-26)12-5-13(16(20)14(19)6-12)17(27)24-25-30(28,29)9-11-3-2-4-18(21,22)7-11/h5-6,8,10-11,25H,2-4,7,9H2,1H3,(H,24,27). The van der Waals surface area contributed by atoms with Crippen LogP contribution in [0, 0.1) is 11.7 Å². The Morgan fingerprint density at radius 2 is 2.13 bits per heavy atom. The van der Waals surface area contributed by atoms with E-state index in [0.29, 0.717) is 17.7 Å². The number of hydrogen-bond acceptors (Lipinski definition) is 4. The molecule has 1 unspecified atom stereocenters. The Balaban J connectivity index is 1.70. The van der Waals surface area contributed by atoms with Gasteiger partial charge in [0.2, 0.25) is 15.9 Å². The molecule has 1 aliphatic carbocycles. The molecule has 0 radical (unpaired) electrons. The van der Waals surface area contributed by atoms with Crippen LogP contribution in [-0.4, -0.2) is 35.6 Å². The van der Waals surface area contributed by atoms with Crippen molar-refractivity contribution in [1.29, 1.82) is 0 Å². The van der Waals surface area contributed by atoms with Crippen molar-refractivity contribution in [3.8, 4) is 11.3 Å². The lowest BCUT2D eigenvalue weighted by Crippen LogP contribution is -2.44. The molecule has 0 saturated heterocycles. The van der Waals surface area contributed by atoms with E-state index in [-0.39, 0.29) is 17.9 Å². The monoisotopic (exact) mass is 464 g/mol. The number of rotatable bonds is 6. The minimum atomic E-state index is -4.10. The number of sulfonamides is 1. The number of aromatic nitrogens is 2. The molecular formula is C18H20ClF3N4O3S. The molecule has 0 spiro atoms. The Hall–Kier alpha value is -2.11. The third-order valence-corrected chi connectivity index (χ3v) is 6.39. The van der Waals surface area contributed by atoms with E-state index < -0.39 is 51.3 Å². The van der Waals surface area contributed by atoms with Crippen LogP contribution in [0.1, 0.15) is 36.0 Å². The van der Waals surface area contributed by atoms with Gasteiger partial charge in [-0.05, 0) is 30.9 Å². The molecule has 0 aliphatic heterocycles. The lowest BCUT2D eigenvalue weighted by Gasteiger charge is -2.28. The highest BCUT2D eigenvalue weighted by atomic mass is 35.5. The third-order valence-electron chi connectivity index (χ3n) is 4.79. The molecule has 7 nitrogen and oxygen atoms in total. The van der Waals surface area contributed by atoms with Crippen LogP contribution in [-0.2, 0) is 17.1 Å². The number of hydrogen-bond donors (Lipinski definition) is 2. The summed E-state index contributed by atoms with van der Waals surface area (Å²) in [6.45, 7) is 0. The summed E-state index contributed by atoms with van der Waals surface area (Å²) >= 11 is 5.87. The van der Waals surface area contributed by atoms with E-state index >= 15 is 0 Å². The van der Waals surface area contributed by atoms with Crippen molar-refractivity contribution in [2.24, 2.45) is 13.0 Å². The number of alkyl halides is 2. The lowest BCUT2D eigenvalue weighted by molar-refractivity contribution is -0.0489. The average Bonchev–Trinajstić information content (AvgIpc) is 3.07. The highest BCUT2D eigenvalue weighted by Gasteiger charge is 2.38. The summed E-state index contributed by atoms with van der Waals surface area (Å²) in [6.07, 6.45) is 2.92. The molecule has 1 saturated carbocycles. The lowest BCUT2D eigenvalue weighted by atomic mass is 9.88. The molecule has 1 aromatic heterocycles. The summed E-state index contributed by atoms with van der Waals surface area (Å²) in [4.78, 5) is 18.3. The van der Waals surface area contributed by atoms with Gasteiger partial charge in [-0.15, -0.1) is 4.83 Å². The molecule has 2 N–H and O–H groups in total. The number of amides is 1. The second kappa shape index (κ2) is 8.56. The topological polar surface area (TPSA) is 93.1 Å². The van der Waals surface area contributed by atoms with Gasteiger partial charge in [0.25, 0.3) is 5.91 Å². The van der Waals surface area contributed by atoms with Gasteiger partial charge in [-0.3, -0.25) is 10.2 Å². The Bertz CT molecular complexity index is 1060. The van der Waals surface area contributed by atoms with Gasteiger partial charge in [-0.2, -0.15) is 0 Å². The number of carbonyl (C=O) groups is 1. The van der Waals surface area contributed by atoms with E-state index in [0.717, 1.165) is 0 Å². The van der Waals surface area contributed by atoms with Crippen LogP contribution < -0.4 is 10.3 Å². The van der Waals surface area contributed by atoms with Crippen molar-refractivity contribution in [2.45, 2.75) is 31.6 Å². The summed E-state index contributed by atoms with van der Waals surface area (Å²) in [6, 6.07) is 2.48. The fraction of sp³-hybridized carbons (Fsp3) is 0.444. The number of nitrogens with zero attached hydrogens (tertiary/aromatic N) is 2. The van der Waals surface area contributed by atoms with Crippen LogP contribution in [0.4, 0.5) is 13.2 Å². The maximum Gasteiger partial charge on any atom is 0.269 e. The molecular weight excluding hydrogens is 445 g/mol. The Morgan fingerprint density at radius 3 is 2.77 bits per heavy atom. The fourth-order valence-corrected chi connectivity index (χ4v) is 4.88. The van der Waals surface area contributed by atoms with E-state index in [1.807, 2.05) is 10.3 Å². The van der Waals surface area contributed by atoms with E-state index in [1.165, 1.54) is 18.5 Å². The second-order valence-electron chi connectivity index (χ2n) is 7.40. The van der Waals surface area contributed by atoms with E-state index in [9.17, 15) is 26.4 Å². The van der Waals surface area contributed by atoms with Crippen molar-refractivity contribution in [1.82, 2.24) is 19.8 Å². The predicted molar refractivity (Wildman–Crippen MR) is 105 cm³/mol. The summed E-state index contributed by atoms with van der Waals surface area (Å²) in [7, 11) is -2.37. The molecule has 164 valence electrons. The number of carbonyl (C=O) groups excluding carboxylic acids is 1. The number of benzene rings is 1. The van der Waals surface area contributed by atoms with Crippen LogP contribution in [0.15, 0.2) is 24.7 Å². The Labute approximate surface area is 176 Å². The summed E-state index contributed by atoms with van der Waals surface area (Å²) in [5, 5.41) is -0.337. The summed E-state index contributed by atoms with van der Waals surface area (Å²) in [5.41, 5.74) is 2.22. The van der Waals surface area contributed by atoms with Gasteiger partial charge in [0.15, 0.2) is 5.82 Å². The van der Waals surface area contributed by atoms with Gasteiger partial charge in [0.05, 0.1) is 28.4 Å². The first-order chi connectivity index (χ1) is 14.0. The first-order valence-electron chi connectivity index (χ1n) is 9.11. The molecule has 0 bridgehead atoms. The number of nitrogens with one attached hydrogen (secondary N) is 2. The van der Waals surface area contributed by atoms with Gasteiger partial charge in [-0.25, -0.2) is 26.6 Å². The van der Waals surface area contributed by atoms with Gasteiger partial charge in [0, 0.05) is 31.6 Å². The number of imidazole rings is 1. The second-order valence-corrected chi connectivity index (χ2v) is 9.57. The first-order valence-corrected chi connectivity index (χ1v) is 11.1. The average molecular weight is 465 g/mol. The molecule has 2 aromatic rings. The zero-order valence-corrected chi connectivity index (χ0v) is 17.5. The largest absolute Gasteiger partial charge is 0.340 e. The minimum absolute atomic E-state index is 0.226. The maximum atomic E-state index is 14.4. The van der Waals surface area contributed by atoms with Crippen LogP contribution in [0.3, 0.4) is 0 Å². The molecule has 3 rings (SSSR count). The van der Waals surface area contributed by atoms with Crippen LogP contribution in [0.25, 0.3) is 11.3 Å². The Morgan fingerprint density at radius 1 is 1.40 bits per heavy atom. The maximum absolute atomic E-state index is 14.4. The number of hydrazine groups is 1. The normalized spacial score (nSPS) is 18.9. The molecule has 30 heavy (non-hydrogen) atoms. The van der Waals surface area contributed by atoms with Crippen LogP contribution in [0.5, 0.6) is 0 Å². The van der Waals surface area contributed by atoms with Gasteiger partial charge in [-0.1, -0.05) is 11.6 Å². The van der Waals surface area contributed by atoms with Crippen molar-refractivity contribution in [3.63, 3.8) is 0 Å². The van der Waals surface area contributed by atoms with Crippen LogP contribution >= 0.6 is 11.6 Å². The highest BCUT2D eigenvalue weighted by Crippen LogP contribution is 2.37. The number of aryl methyl sites for hydroxylation is 1. The summed E-state index contributed by atoms with van der Waals surface area (Å²) < 4.78 is 67.3. The van der Waals surface area contributed by atoms with Gasteiger partial charge in [0.1, 0.15) is 0 Å². The molecule has 1 heterocycles. The highest BCUT2D eigenvalue weighted by molar-refractivity contribution is 7.89. The SMILES string of the molecule is Cn1cnc(-c2cc(Cl)c(F)c(C(=O)NNS(=O)(=O)CC3CCCC(F)(F)C3)c2)c1. The molecule has 12 heteroatoms. The van der Waals surface area contributed by atoms with E-state index in [4.69, 9.17) is 11.6 Å². The van der Waals surface area contributed by atoms with Gasteiger partial charge < -0.3 is 4.57 Å². The van der Waals surface area contributed by atoms with E-state index in [1.54, 1.807) is 17.8 Å². The predicted octanol–water partition coefficient (Wildman–Crippen LogP) is 3.27.